The van der Waals surface area contributed by atoms with Crippen LogP contribution in [-0.2, 0) is 14.3 Å². The Kier molecular flexibility index (Phi) is 5.64. The summed E-state index contributed by atoms with van der Waals surface area (Å²) in [6.07, 6.45) is 3.37. The highest BCUT2D eigenvalue weighted by molar-refractivity contribution is 5.91. The monoisotopic (exact) mass is 247 g/mol. The van der Waals surface area contributed by atoms with Crippen molar-refractivity contribution in [3.63, 3.8) is 0 Å². The number of nitrogens with one attached hydrogen (secondary N) is 1. The zero-order valence-electron chi connectivity index (χ0n) is 10.6. The number of benzene rings is 1. The summed E-state index contributed by atoms with van der Waals surface area (Å²) < 4.78 is 4.47. The van der Waals surface area contributed by atoms with Gasteiger partial charge in [0, 0.05) is 12.6 Å². The summed E-state index contributed by atoms with van der Waals surface area (Å²) >= 11 is 0. The predicted octanol–water partition coefficient (Wildman–Crippen LogP) is 1.69. The molecule has 96 valence electrons. The molecule has 0 radical (unpaired) electrons. The number of aryl methyl sites for hydroxylation is 1. The number of esters is 1. The first kappa shape index (κ1) is 14.0. The first-order valence-electron chi connectivity index (χ1n) is 5.71. The van der Waals surface area contributed by atoms with E-state index in [0.717, 1.165) is 11.1 Å². The van der Waals surface area contributed by atoms with E-state index in [-0.39, 0.29) is 24.8 Å². The molecule has 4 nitrogen and oxygen atoms in total. The highest BCUT2D eigenvalue weighted by Crippen LogP contribution is 2.05. The van der Waals surface area contributed by atoms with Crippen molar-refractivity contribution >= 4 is 18.0 Å². The molecule has 0 saturated heterocycles. The third-order valence-electron chi connectivity index (χ3n) is 2.33. The second kappa shape index (κ2) is 7.27. The minimum atomic E-state index is -0.335. The summed E-state index contributed by atoms with van der Waals surface area (Å²) in [6.45, 7) is 2.28. The molecule has 18 heavy (non-hydrogen) atoms. The summed E-state index contributed by atoms with van der Waals surface area (Å²) in [5.74, 6) is -0.557. The average molecular weight is 247 g/mol. The summed E-state index contributed by atoms with van der Waals surface area (Å²) in [7, 11) is 1.32. The third kappa shape index (κ3) is 5.30. The number of methoxy groups -OCH3 is 1. The normalized spacial score (nSPS) is 10.3. The van der Waals surface area contributed by atoms with Crippen LogP contribution in [0.2, 0.25) is 0 Å². The lowest BCUT2D eigenvalue weighted by Gasteiger charge is -2.00. The lowest BCUT2D eigenvalue weighted by molar-refractivity contribution is -0.140. The molecule has 0 aliphatic heterocycles. The van der Waals surface area contributed by atoms with Crippen LogP contribution in [0.5, 0.6) is 0 Å². The number of hydrogen-bond donors (Lipinski definition) is 1. The molecule has 1 rings (SSSR count). The van der Waals surface area contributed by atoms with Gasteiger partial charge in [-0.15, -0.1) is 0 Å². The Bertz CT molecular complexity index is 452. The highest BCUT2D eigenvalue weighted by atomic mass is 16.5. The molecule has 0 aliphatic carbocycles. The van der Waals surface area contributed by atoms with Crippen LogP contribution in [0.1, 0.15) is 17.5 Å². The number of amides is 1. The van der Waals surface area contributed by atoms with E-state index in [2.05, 4.69) is 10.1 Å². The summed E-state index contributed by atoms with van der Waals surface area (Å²) in [5, 5.41) is 2.61. The van der Waals surface area contributed by atoms with Crippen molar-refractivity contribution in [2.75, 3.05) is 13.7 Å². The molecule has 0 fully saturated rings. The molecule has 0 spiro atoms. The van der Waals surface area contributed by atoms with Gasteiger partial charge in [0.1, 0.15) is 0 Å². The minimum absolute atomic E-state index is 0.181. The van der Waals surface area contributed by atoms with Crippen LogP contribution >= 0.6 is 0 Å². The maximum absolute atomic E-state index is 11.4. The fraction of sp³-hybridized carbons (Fsp3) is 0.286. The van der Waals surface area contributed by atoms with E-state index >= 15 is 0 Å². The Morgan fingerprint density at radius 1 is 1.39 bits per heavy atom. The molecule has 1 aromatic rings. The van der Waals surface area contributed by atoms with Gasteiger partial charge in [-0.25, -0.2) is 0 Å². The van der Waals surface area contributed by atoms with Crippen LogP contribution in [0.3, 0.4) is 0 Å². The van der Waals surface area contributed by atoms with Crippen LogP contribution in [0, 0.1) is 6.92 Å². The number of carbonyl (C=O) groups is 2. The second-order valence-electron chi connectivity index (χ2n) is 3.86. The first-order chi connectivity index (χ1) is 8.61. The Labute approximate surface area is 107 Å². The van der Waals surface area contributed by atoms with E-state index in [1.54, 1.807) is 6.08 Å². The standard InChI is InChI=1S/C14H17NO3/c1-11-4-3-5-12(10-11)6-7-13(16)15-9-8-14(17)18-2/h3-7,10H,8-9H2,1-2H3,(H,15,16)/b7-6+. The molecule has 4 heteroatoms. The number of carbonyl (C=O) groups excluding carboxylic acids is 2. The molecule has 0 aromatic heterocycles. The van der Waals surface area contributed by atoms with Crippen LogP contribution in [0.4, 0.5) is 0 Å². The van der Waals surface area contributed by atoms with E-state index in [9.17, 15) is 9.59 Å². The van der Waals surface area contributed by atoms with E-state index in [1.165, 1.54) is 13.2 Å². The molecule has 1 amide bonds. The van der Waals surface area contributed by atoms with Gasteiger partial charge < -0.3 is 10.1 Å². The lowest BCUT2D eigenvalue weighted by Crippen LogP contribution is -2.24. The van der Waals surface area contributed by atoms with Crippen molar-refractivity contribution in [3.05, 3.63) is 41.5 Å². The molecular weight excluding hydrogens is 230 g/mol. The zero-order chi connectivity index (χ0) is 13.4. The van der Waals surface area contributed by atoms with Crippen molar-refractivity contribution in [1.82, 2.24) is 5.32 Å². The SMILES string of the molecule is COC(=O)CCNC(=O)/C=C/c1cccc(C)c1. The maximum Gasteiger partial charge on any atom is 0.307 e. The molecule has 0 bridgehead atoms. The van der Waals surface area contributed by atoms with Crippen LogP contribution in [0.25, 0.3) is 6.08 Å². The van der Waals surface area contributed by atoms with E-state index in [4.69, 9.17) is 0 Å². The first-order valence-corrected chi connectivity index (χ1v) is 5.71. The minimum Gasteiger partial charge on any atom is -0.469 e. The topological polar surface area (TPSA) is 55.4 Å². The van der Waals surface area contributed by atoms with Gasteiger partial charge in [-0.05, 0) is 18.6 Å². The zero-order valence-corrected chi connectivity index (χ0v) is 10.6. The quantitative estimate of drug-likeness (QED) is 0.636. The largest absolute Gasteiger partial charge is 0.469 e. The summed E-state index contributed by atoms with van der Waals surface area (Å²) in [4.78, 5) is 22.2. The molecule has 1 aromatic carbocycles. The smallest absolute Gasteiger partial charge is 0.307 e. The fourth-order valence-corrected chi connectivity index (χ4v) is 1.39. The van der Waals surface area contributed by atoms with E-state index in [0.29, 0.717) is 0 Å². The van der Waals surface area contributed by atoms with Crippen LogP contribution in [0.15, 0.2) is 30.3 Å². The van der Waals surface area contributed by atoms with Gasteiger partial charge in [-0.3, -0.25) is 9.59 Å². The van der Waals surface area contributed by atoms with Gasteiger partial charge in [-0.1, -0.05) is 29.8 Å². The number of rotatable bonds is 5. The Balaban J connectivity index is 2.38. The lowest BCUT2D eigenvalue weighted by atomic mass is 10.1. The van der Waals surface area contributed by atoms with Crippen molar-refractivity contribution in [3.8, 4) is 0 Å². The third-order valence-corrected chi connectivity index (χ3v) is 2.33. The Morgan fingerprint density at radius 2 is 2.17 bits per heavy atom. The van der Waals surface area contributed by atoms with E-state index in [1.807, 2.05) is 31.2 Å². The Hall–Kier alpha value is -2.10. The number of hydrogen-bond acceptors (Lipinski definition) is 3. The van der Waals surface area contributed by atoms with Gasteiger partial charge in [0.15, 0.2) is 0 Å². The van der Waals surface area contributed by atoms with Gasteiger partial charge in [0.2, 0.25) is 5.91 Å². The molecule has 0 unspecified atom stereocenters. The van der Waals surface area contributed by atoms with Crippen molar-refractivity contribution in [1.29, 1.82) is 0 Å². The summed E-state index contributed by atoms with van der Waals surface area (Å²) in [6, 6.07) is 7.83. The van der Waals surface area contributed by atoms with E-state index < -0.39 is 0 Å². The fourth-order valence-electron chi connectivity index (χ4n) is 1.39. The second-order valence-corrected chi connectivity index (χ2v) is 3.86. The van der Waals surface area contributed by atoms with Crippen molar-refractivity contribution in [2.45, 2.75) is 13.3 Å². The molecular formula is C14H17NO3. The highest BCUT2D eigenvalue weighted by Gasteiger charge is 2.00. The van der Waals surface area contributed by atoms with Gasteiger partial charge in [0.25, 0.3) is 0 Å². The molecule has 0 atom stereocenters. The molecule has 1 N–H and O–H groups in total. The predicted molar refractivity (Wildman–Crippen MR) is 69.9 cm³/mol. The molecule has 0 saturated carbocycles. The van der Waals surface area contributed by atoms with Gasteiger partial charge in [-0.2, -0.15) is 0 Å². The average Bonchev–Trinajstić information content (AvgIpc) is 2.36. The Morgan fingerprint density at radius 3 is 2.83 bits per heavy atom. The van der Waals surface area contributed by atoms with Crippen LogP contribution < -0.4 is 5.32 Å². The molecule has 0 heterocycles. The summed E-state index contributed by atoms with van der Waals surface area (Å²) in [5.41, 5.74) is 2.11. The van der Waals surface area contributed by atoms with Crippen LogP contribution in [-0.4, -0.2) is 25.5 Å². The molecule has 0 aliphatic rings. The van der Waals surface area contributed by atoms with Crippen molar-refractivity contribution in [2.24, 2.45) is 0 Å². The van der Waals surface area contributed by atoms with Gasteiger partial charge >= 0.3 is 5.97 Å². The maximum atomic E-state index is 11.4. The van der Waals surface area contributed by atoms with Crippen molar-refractivity contribution < 1.29 is 14.3 Å². The van der Waals surface area contributed by atoms with Gasteiger partial charge in [0.05, 0.1) is 13.5 Å². The number of ether oxygens (including phenoxy) is 1.